The Morgan fingerprint density at radius 2 is 1.60 bits per heavy atom. The summed E-state index contributed by atoms with van der Waals surface area (Å²) < 4.78 is 32.5. The van der Waals surface area contributed by atoms with Gasteiger partial charge in [0.15, 0.2) is 0 Å². The highest BCUT2D eigenvalue weighted by Gasteiger charge is 2.14. The number of hydrogen-bond donors (Lipinski definition) is 1. The van der Waals surface area contributed by atoms with Crippen molar-refractivity contribution < 1.29 is 13.0 Å². The fourth-order valence-electron chi connectivity index (χ4n) is 3.17. The third-order valence-corrected chi connectivity index (χ3v) is 5.04. The molecule has 0 aliphatic carbocycles. The monoisotopic (exact) mass is 356 g/mol. The lowest BCUT2D eigenvalue weighted by molar-refractivity contribution is 0.478. The Bertz CT molecular complexity index is 1180. The van der Waals surface area contributed by atoms with E-state index in [2.05, 4.69) is 15.0 Å². The lowest BCUT2D eigenvalue weighted by Gasteiger charge is -2.08. The van der Waals surface area contributed by atoms with E-state index in [0.29, 0.717) is 19.4 Å². The zero-order valence-electron chi connectivity index (χ0n) is 13.3. The second-order valence-corrected chi connectivity index (χ2v) is 7.50. The standard InChI is InChI=1S/C17H16N4O3S/c22-25(23,24)10-2-1-9-21-11-20-16-12-5-3-7-18-14(12)15-13(17(16)21)6-4-8-19-15/h3-8,11H,1-2,9-10H2,(H,22,23,24). The van der Waals surface area contributed by atoms with Gasteiger partial charge in [0.2, 0.25) is 0 Å². The Morgan fingerprint density at radius 1 is 0.920 bits per heavy atom. The molecule has 4 aromatic rings. The van der Waals surface area contributed by atoms with Crippen molar-refractivity contribution in [2.45, 2.75) is 19.4 Å². The second kappa shape index (κ2) is 6.05. The Kier molecular flexibility index (Phi) is 3.85. The largest absolute Gasteiger partial charge is 0.330 e. The summed E-state index contributed by atoms with van der Waals surface area (Å²) in [5.74, 6) is -0.227. The highest BCUT2D eigenvalue weighted by Crippen LogP contribution is 2.31. The molecule has 0 fully saturated rings. The van der Waals surface area contributed by atoms with Crippen molar-refractivity contribution in [3.63, 3.8) is 0 Å². The molecule has 0 bridgehead atoms. The summed E-state index contributed by atoms with van der Waals surface area (Å²) in [5.41, 5.74) is 3.47. The number of hydrogen-bond acceptors (Lipinski definition) is 5. The normalized spacial score (nSPS) is 12.4. The Labute approximate surface area is 144 Å². The number of benzene rings is 1. The first-order chi connectivity index (χ1) is 12.0. The van der Waals surface area contributed by atoms with Crippen LogP contribution < -0.4 is 0 Å². The maximum atomic E-state index is 10.8. The number of pyridine rings is 2. The first kappa shape index (κ1) is 15.9. The molecule has 0 atom stereocenters. The predicted octanol–water partition coefficient (Wildman–Crippen LogP) is 2.80. The van der Waals surface area contributed by atoms with E-state index in [1.807, 2.05) is 28.8 Å². The third kappa shape index (κ3) is 2.94. The highest BCUT2D eigenvalue weighted by atomic mass is 32.2. The van der Waals surface area contributed by atoms with Gasteiger partial charge in [0, 0.05) is 29.7 Å². The van der Waals surface area contributed by atoms with E-state index >= 15 is 0 Å². The van der Waals surface area contributed by atoms with Crippen LogP contribution in [0.15, 0.2) is 43.0 Å². The number of fused-ring (bicyclic) bond motifs is 6. The van der Waals surface area contributed by atoms with Crippen LogP contribution in [0.5, 0.6) is 0 Å². The summed E-state index contributed by atoms with van der Waals surface area (Å²) >= 11 is 0. The average molecular weight is 356 g/mol. The minimum atomic E-state index is -3.91. The second-order valence-electron chi connectivity index (χ2n) is 5.93. The van der Waals surface area contributed by atoms with Crippen molar-refractivity contribution in [3.8, 4) is 0 Å². The zero-order chi connectivity index (χ0) is 17.4. The van der Waals surface area contributed by atoms with Crippen molar-refractivity contribution in [2.24, 2.45) is 0 Å². The van der Waals surface area contributed by atoms with E-state index in [1.165, 1.54) is 0 Å². The minimum absolute atomic E-state index is 0.227. The summed E-state index contributed by atoms with van der Waals surface area (Å²) in [6, 6.07) is 7.73. The molecule has 0 aliphatic heterocycles. The number of rotatable bonds is 5. The molecule has 8 heteroatoms. The van der Waals surface area contributed by atoms with Crippen LogP contribution in [-0.2, 0) is 16.7 Å². The molecule has 4 rings (SSSR count). The van der Waals surface area contributed by atoms with E-state index < -0.39 is 10.1 Å². The van der Waals surface area contributed by atoms with Gasteiger partial charge in [-0.1, -0.05) is 0 Å². The van der Waals surface area contributed by atoms with Crippen LogP contribution in [0.3, 0.4) is 0 Å². The van der Waals surface area contributed by atoms with Gasteiger partial charge in [-0.2, -0.15) is 8.42 Å². The molecule has 0 saturated heterocycles. The van der Waals surface area contributed by atoms with Gasteiger partial charge in [-0.25, -0.2) is 4.98 Å². The Balaban J connectivity index is 1.82. The van der Waals surface area contributed by atoms with Crippen molar-refractivity contribution in [1.82, 2.24) is 19.5 Å². The van der Waals surface area contributed by atoms with Crippen molar-refractivity contribution >= 4 is 43.0 Å². The zero-order valence-corrected chi connectivity index (χ0v) is 14.1. The lowest BCUT2D eigenvalue weighted by Crippen LogP contribution is -2.05. The summed E-state index contributed by atoms with van der Waals surface area (Å²) in [6.07, 6.45) is 6.27. The maximum absolute atomic E-state index is 10.8. The van der Waals surface area contributed by atoms with Crippen LogP contribution in [0.2, 0.25) is 0 Å². The summed E-state index contributed by atoms with van der Waals surface area (Å²) in [7, 11) is -3.91. The quantitative estimate of drug-likeness (QED) is 0.335. The molecule has 3 aromatic heterocycles. The molecule has 0 spiro atoms. The first-order valence-electron chi connectivity index (χ1n) is 7.96. The van der Waals surface area contributed by atoms with Gasteiger partial charge in [0.25, 0.3) is 10.1 Å². The summed E-state index contributed by atoms with van der Waals surface area (Å²) in [6.45, 7) is 0.613. The lowest BCUT2D eigenvalue weighted by atomic mass is 10.1. The molecule has 128 valence electrons. The van der Waals surface area contributed by atoms with Gasteiger partial charge in [-0.15, -0.1) is 0 Å². The molecule has 3 heterocycles. The first-order valence-corrected chi connectivity index (χ1v) is 9.57. The van der Waals surface area contributed by atoms with Gasteiger partial charge in [0.05, 0.1) is 34.1 Å². The number of unbranched alkanes of at least 4 members (excludes halogenated alkanes) is 1. The van der Waals surface area contributed by atoms with E-state index in [1.54, 1.807) is 18.7 Å². The molecular weight excluding hydrogens is 340 g/mol. The topological polar surface area (TPSA) is 98.0 Å². The molecule has 0 radical (unpaired) electrons. The Hall–Kier alpha value is -2.58. The maximum Gasteiger partial charge on any atom is 0.264 e. The van der Waals surface area contributed by atoms with Gasteiger partial charge in [-0.05, 0) is 37.1 Å². The van der Waals surface area contributed by atoms with Gasteiger partial charge >= 0.3 is 0 Å². The number of aryl methyl sites for hydroxylation is 1. The summed E-state index contributed by atoms with van der Waals surface area (Å²) in [4.78, 5) is 13.5. The van der Waals surface area contributed by atoms with Crippen LogP contribution in [0.4, 0.5) is 0 Å². The van der Waals surface area contributed by atoms with Crippen LogP contribution >= 0.6 is 0 Å². The fourth-order valence-corrected chi connectivity index (χ4v) is 3.74. The number of imidazole rings is 1. The molecule has 7 nitrogen and oxygen atoms in total. The van der Waals surface area contributed by atoms with Crippen molar-refractivity contribution in [2.75, 3.05) is 5.75 Å². The van der Waals surface area contributed by atoms with E-state index in [-0.39, 0.29) is 5.75 Å². The predicted molar refractivity (Wildman–Crippen MR) is 96.0 cm³/mol. The smallest absolute Gasteiger partial charge is 0.264 e. The van der Waals surface area contributed by atoms with Crippen LogP contribution in [-0.4, -0.2) is 38.2 Å². The van der Waals surface area contributed by atoms with E-state index in [9.17, 15) is 8.42 Å². The molecule has 25 heavy (non-hydrogen) atoms. The van der Waals surface area contributed by atoms with Gasteiger partial charge < -0.3 is 4.57 Å². The van der Waals surface area contributed by atoms with Gasteiger partial charge in [0.1, 0.15) is 0 Å². The summed E-state index contributed by atoms with van der Waals surface area (Å²) in [5, 5.41) is 1.91. The van der Waals surface area contributed by atoms with Gasteiger partial charge in [-0.3, -0.25) is 14.5 Å². The minimum Gasteiger partial charge on any atom is -0.330 e. The third-order valence-electron chi connectivity index (χ3n) is 4.24. The van der Waals surface area contributed by atoms with Crippen LogP contribution in [0.25, 0.3) is 32.8 Å². The molecule has 1 aromatic carbocycles. The van der Waals surface area contributed by atoms with Crippen molar-refractivity contribution in [1.29, 1.82) is 0 Å². The van der Waals surface area contributed by atoms with E-state index in [4.69, 9.17) is 4.55 Å². The van der Waals surface area contributed by atoms with Crippen molar-refractivity contribution in [3.05, 3.63) is 43.0 Å². The number of aromatic nitrogens is 4. The molecule has 1 N–H and O–H groups in total. The number of nitrogens with zero attached hydrogens (tertiary/aromatic N) is 4. The average Bonchev–Trinajstić information content (AvgIpc) is 3.03. The highest BCUT2D eigenvalue weighted by molar-refractivity contribution is 7.85. The molecule has 0 aliphatic rings. The van der Waals surface area contributed by atoms with Crippen LogP contribution in [0.1, 0.15) is 12.8 Å². The molecule has 0 saturated carbocycles. The Morgan fingerprint density at radius 3 is 2.32 bits per heavy atom. The fraction of sp³-hybridized carbons (Fsp3) is 0.235. The van der Waals surface area contributed by atoms with Crippen LogP contribution in [0, 0.1) is 0 Å². The molecule has 0 amide bonds. The SMILES string of the molecule is O=S(=O)(O)CCCCn1cnc2c3cccnc3c3ncccc3c21. The van der Waals surface area contributed by atoms with E-state index in [0.717, 1.165) is 32.8 Å². The molecular formula is C17H16N4O3S. The molecule has 0 unspecified atom stereocenters.